The van der Waals surface area contributed by atoms with E-state index >= 15 is 0 Å². The summed E-state index contributed by atoms with van der Waals surface area (Å²) in [7, 11) is 0. The van der Waals surface area contributed by atoms with E-state index in [0.29, 0.717) is 12.8 Å². The molecule has 0 saturated carbocycles. The Morgan fingerprint density at radius 1 is 1.41 bits per heavy atom. The molecule has 0 saturated heterocycles. The normalized spacial score (nSPS) is 13.4. The summed E-state index contributed by atoms with van der Waals surface area (Å²) < 4.78 is 37.4. The third-order valence-electron chi connectivity index (χ3n) is 2.49. The maximum Gasteiger partial charge on any atom is 0.416 e. The van der Waals surface area contributed by atoms with Gasteiger partial charge in [0.2, 0.25) is 0 Å². The third-order valence-corrected chi connectivity index (χ3v) is 2.49. The average Bonchev–Trinajstić information content (AvgIpc) is 2.24. The van der Waals surface area contributed by atoms with Gasteiger partial charge in [-0.25, -0.2) is 0 Å². The smallest absolute Gasteiger partial charge is 0.416 e. The van der Waals surface area contributed by atoms with Crippen molar-refractivity contribution in [2.24, 2.45) is 0 Å². The monoisotopic (exact) mass is 246 g/mol. The van der Waals surface area contributed by atoms with Crippen LogP contribution < -0.4 is 0 Å². The maximum atomic E-state index is 12.5. The van der Waals surface area contributed by atoms with Gasteiger partial charge in [-0.15, -0.1) is 0 Å². The molecule has 2 nitrogen and oxygen atoms in total. The van der Waals surface area contributed by atoms with Crippen LogP contribution in [0.5, 0.6) is 0 Å². The Morgan fingerprint density at radius 3 is 2.53 bits per heavy atom. The number of benzene rings is 1. The highest BCUT2D eigenvalue weighted by Crippen LogP contribution is 2.32. The van der Waals surface area contributed by atoms with E-state index in [2.05, 4.69) is 0 Å². The number of halogens is 3. The van der Waals surface area contributed by atoms with Crippen molar-refractivity contribution in [2.45, 2.75) is 31.9 Å². The summed E-state index contributed by atoms with van der Waals surface area (Å²) in [6, 6.07) is 4.51. The van der Waals surface area contributed by atoms with Crippen LogP contribution in [0, 0.1) is 0 Å². The minimum atomic E-state index is -4.44. The fourth-order valence-corrected chi connectivity index (χ4v) is 1.65. The van der Waals surface area contributed by atoms with Crippen molar-refractivity contribution in [1.29, 1.82) is 0 Å². The van der Waals surface area contributed by atoms with Crippen LogP contribution in [-0.2, 0) is 11.0 Å². The Kier molecular flexibility index (Phi) is 4.15. The molecule has 0 fully saturated rings. The second-order valence-electron chi connectivity index (χ2n) is 3.80. The van der Waals surface area contributed by atoms with Crippen molar-refractivity contribution in [1.82, 2.24) is 0 Å². The van der Waals surface area contributed by atoms with E-state index in [9.17, 15) is 18.0 Å². The molecule has 0 aliphatic carbocycles. The Labute approximate surface area is 97.1 Å². The first-order chi connectivity index (χ1) is 7.86. The summed E-state index contributed by atoms with van der Waals surface area (Å²) in [5.74, 6) is -1.96. The molecular formula is C12H13F3O2. The molecule has 1 N–H and O–H groups in total. The highest BCUT2D eigenvalue weighted by atomic mass is 19.4. The van der Waals surface area contributed by atoms with Gasteiger partial charge in [0.1, 0.15) is 0 Å². The molecule has 0 spiro atoms. The molecule has 0 heterocycles. The molecule has 1 rings (SSSR count). The van der Waals surface area contributed by atoms with Gasteiger partial charge in [-0.2, -0.15) is 13.2 Å². The van der Waals surface area contributed by atoms with Gasteiger partial charge in [0.25, 0.3) is 0 Å². The molecule has 0 aliphatic rings. The second-order valence-corrected chi connectivity index (χ2v) is 3.80. The van der Waals surface area contributed by atoms with Gasteiger partial charge in [0.05, 0.1) is 11.5 Å². The highest BCUT2D eigenvalue weighted by Gasteiger charge is 2.31. The fourth-order valence-electron chi connectivity index (χ4n) is 1.65. The molecule has 0 bridgehead atoms. The molecule has 1 unspecified atom stereocenters. The van der Waals surface area contributed by atoms with Crippen molar-refractivity contribution in [3.05, 3.63) is 35.4 Å². The van der Waals surface area contributed by atoms with Crippen molar-refractivity contribution in [2.75, 3.05) is 0 Å². The number of carboxylic acids is 1. The highest BCUT2D eigenvalue weighted by molar-refractivity contribution is 5.76. The molecule has 1 atom stereocenters. The minimum absolute atomic E-state index is 0.203. The zero-order chi connectivity index (χ0) is 13.1. The quantitative estimate of drug-likeness (QED) is 0.880. The van der Waals surface area contributed by atoms with E-state index in [-0.39, 0.29) is 5.56 Å². The van der Waals surface area contributed by atoms with Crippen LogP contribution >= 0.6 is 0 Å². The van der Waals surface area contributed by atoms with Gasteiger partial charge in [0, 0.05) is 0 Å². The van der Waals surface area contributed by atoms with Crippen LogP contribution in [-0.4, -0.2) is 11.1 Å². The Morgan fingerprint density at radius 2 is 2.06 bits per heavy atom. The summed E-state index contributed by atoms with van der Waals surface area (Å²) in [6.07, 6.45) is -3.50. The van der Waals surface area contributed by atoms with E-state index in [4.69, 9.17) is 5.11 Å². The molecule has 5 heteroatoms. The predicted octanol–water partition coefficient (Wildman–Crippen LogP) is 3.67. The predicted molar refractivity (Wildman–Crippen MR) is 56.7 cm³/mol. The SMILES string of the molecule is CCCC(C(=O)O)c1cccc(C(F)(F)F)c1. The zero-order valence-corrected chi connectivity index (χ0v) is 9.29. The minimum Gasteiger partial charge on any atom is -0.481 e. The van der Waals surface area contributed by atoms with E-state index in [1.165, 1.54) is 12.1 Å². The standard InChI is InChI=1S/C12H13F3O2/c1-2-4-10(11(16)17)8-5-3-6-9(7-8)12(13,14)15/h3,5-7,10H,2,4H2,1H3,(H,16,17). The molecule has 17 heavy (non-hydrogen) atoms. The maximum absolute atomic E-state index is 12.5. The van der Waals surface area contributed by atoms with Gasteiger partial charge in [-0.3, -0.25) is 4.79 Å². The second kappa shape index (κ2) is 5.21. The first kappa shape index (κ1) is 13.5. The fraction of sp³-hybridized carbons (Fsp3) is 0.417. The van der Waals surface area contributed by atoms with Crippen molar-refractivity contribution >= 4 is 5.97 Å². The average molecular weight is 246 g/mol. The van der Waals surface area contributed by atoms with Crippen LogP contribution in [0.1, 0.15) is 36.8 Å². The number of hydrogen-bond donors (Lipinski definition) is 1. The first-order valence-electron chi connectivity index (χ1n) is 5.26. The Balaban J connectivity index is 3.08. The van der Waals surface area contributed by atoms with Crippen molar-refractivity contribution < 1.29 is 23.1 Å². The number of hydrogen-bond acceptors (Lipinski definition) is 1. The molecule has 94 valence electrons. The molecule has 0 amide bonds. The van der Waals surface area contributed by atoms with E-state index in [1.807, 2.05) is 0 Å². The van der Waals surface area contributed by atoms with Crippen LogP contribution in [0.4, 0.5) is 13.2 Å². The topological polar surface area (TPSA) is 37.3 Å². The van der Waals surface area contributed by atoms with E-state index in [1.54, 1.807) is 6.92 Å². The van der Waals surface area contributed by atoms with Crippen LogP contribution in [0.3, 0.4) is 0 Å². The van der Waals surface area contributed by atoms with E-state index < -0.39 is 23.6 Å². The molecule has 1 aromatic carbocycles. The molecule has 0 aromatic heterocycles. The number of carbonyl (C=O) groups is 1. The number of aliphatic carboxylic acids is 1. The number of carboxylic acid groups (broad SMARTS) is 1. The lowest BCUT2D eigenvalue weighted by Crippen LogP contribution is -2.13. The largest absolute Gasteiger partial charge is 0.481 e. The lowest BCUT2D eigenvalue weighted by Gasteiger charge is -2.14. The molecular weight excluding hydrogens is 233 g/mol. The molecule has 1 aromatic rings. The first-order valence-corrected chi connectivity index (χ1v) is 5.26. The number of rotatable bonds is 4. The molecule has 0 aliphatic heterocycles. The lowest BCUT2D eigenvalue weighted by molar-refractivity contribution is -0.140. The third kappa shape index (κ3) is 3.47. The summed E-state index contributed by atoms with van der Waals surface area (Å²) in [5, 5.41) is 8.97. The Hall–Kier alpha value is -1.52. The van der Waals surface area contributed by atoms with Gasteiger partial charge < -0.3 is 5.11 Å². The Bertz CT molecular complexity index is 399. The van der Waals surface area contributed by atoms with Crippen molar-refractivity contribution in [3.8, 4) is 0 Å². The van der Waals surface area contributed by atoms with E-state index in [0.717, 1.165) is 12.1 Å². The van der Waals surface area contributed by atoms with Crippen LogP contribution in [0.15, 0.2) is 24.3 Å². The zero-order valence-electron chi connectivity index (χ0n) is 9.29. The lowest BCUT2D eigenvalue weighted by atomic mass is 9.93. The van der Waals surface area contributed by atoms with Gasteiger partial charge in [-0.1, -0.05) is 31.5 Å². The summed E-state index contributed by atoms with van der Waals surface area (Å²) in [5.41, 5.74) is -0.605. The summed E-state index contributed by atoms with van der Waals surface area (Å²) in [4.78, 5) is 11.0. The van der Waals surface area contributed by atoms with Gasteiger partial charge in [-0.05, 0) is 18.1 Å². The summed E-state index contributed by atoms with van der Waals surface area (Å²) in [6.45, 7) is 1.80. The van der Waals surface area contributed by atoms with Crippen LogP contribution in [0.25, 0.3) is 0 Å². The van der Waals surface area contributed by atoms with Gasteiger partial charge in [0.15, 0.2) is 0 Å². The molecule has 0 radical (unpaired) electrons. The van der Waals surface area contributed by atoms with Crippen LogP contribution in [0.2, 0.25) is 0 Å². The summed E-state index contributed by atoms with van der Waals surface area (Å²) >= 11 is 0. The van der Waals surface area contributed by atoms with Crippen molar-refractivity contribution in [3.63, 3.8) is 0 Å². The van der Waals surface area contributed by atoms with Gasteiger partial charge >= 0.3 is 12.1 Å². The number of alkyl halides is 3.